The van der Waals surface area contributed by atoms with Gasteiger partial charge in [-0.1, -0.05) is 0 Å². The highest BCUT2D eigenvalue weighted by molar-refractivity contribution is 5.56. The molecule has 0 saturated carbocycles. The third-order valence-corrected chi connectivity index (χ3v) is 1.89. The Morgan fingerprint density at radius 2 is 1.50 bits per heavy atom. The smallest absolute Gasteiger partial charge is 0.224 e. The first-order chi connectivity index (χ1) is 7.75. The Balaban J connectivity index is 2.11. The summed E-state index contributed by atoms with van der Waals surface area (Å²) in [6, 6.07) is 0. The van der Waals surface area contributed by atoms with Crippen molar-refractivity contribution in [1.29, 1.82) is 0 Å². The predicted octanol–water partition coefficient (Wildman–Crippen LogP) is 1.08. The summed E-state index contributed by atoms with van der Waals surface area (Å²) in [5, 5.41) is 3.10. The second-order valence-electron chi connectivity index (χ2n) is 3.42. The lowest BCUT2D eigenvalue weighted by molar-refractivity contribution is 0.999. The van der Waals surface area contributed by atoms with Crippen molar-refractivity contribution < 1.29 is 0 Å². The molecule has 0 spiro atoms. The van der Waals surface area contributed by atoms with Crippen molar-refractivity contribution in [3.05, 3.63) is 31.1 Å². The molecule has 16 heavy (non-hydrogen) atoms. The summed E-state index contributed by atoms with van der Waals surface area (Å²) >= 11 is 0. The van der Waals surface area contributed by atoms with Gasteiger partial charge in [0.1, 0.15) is 6.33 Å². The molecule has 6 nitrogen and oxygen atoms in total. The maximum Gasteiger partial charge on any atom is 0.224 e. The quantitative estimate of drug-likeness (QED) is 0.828. The first-order valence-electron chi connectivity index (χ1n) is 4.77. The topological polar surface area (TPSA) is 66.8 Å². The van der Waals surface area contributed by atoms with E-state index in [9.17, 15) is 0 Å². The molecule has 0 atom stereocenters. The van der Waals surface area contributed by atoms with Gasteiger partial charge < -0.3 is 10.2 Å². The number of nitrogens with zero attached hydrogens (tertiary/aromatic N) is 5. The van der Waals surface area contributed by atoms with Crippen LogP contribution in [0.4, 0.5) is 17.3 Å². The van der Waals surface area contributed by atoms with E-state index in [2.05, 4.69) is 25.3 Å². The molecule has 0 saturated heterocycles. The number of anilines is 3. The van der Waals surface area contributed by atoms with Gasteiger partial charge in [0.15, 0.2) is 0 Å². The van der Waals surface area contributed by atoms with Gasteiger partial charge in [-0.2, -0.15) is 0 Å². The molecule has 0 amide bonds. The van der Waals surface area contributed by atoms with Crippen LogP contribution in [0, 0.1) is 0 Å². The second-order valence-corrected chi connectivity index (χ2v) is 3.42. The van der Waals surface area contributed by atoms with E-state index in [0.717, 1.165) is 11.4 Å². The van der Waals surface area contributed by atoms with Gasteiger partial charge >= 0.3 is 0 Å². The van der Waals surface area contributed by atoms with Gasteiger partial charge in [-0.3, -0.25) is 0 Å². The van der Waals surface area contributed by atoms with E-state index in [1.807, 2.05) is 19.0 Å². The summed E-state index contributed by atoms with van der Waals surface area (Å²) in [5.41, 5.74) is 1.61. The molecular formula is C10H12N6. The number of nitrogens with one attached hydrogen (secondary N) is 1. The Bertz CT molecular complexity index is 439. The van der Waals surface area contributed by atoms with E-state index in [0.29, 0.717) is 5.95 Å². The summed E-state index contributed by atoms with van der Waals surface area (Å²) in [4.78, 5) is 18.0. The van der Waals surface area contributed by atoms with Crippen LogP contribution < -0.4 is 10.2 Å². The van der Waals surface area contributed by atoms with Crippen LogP contribution in [-0.4, -0.2) is 34.0 Å². The van der Waals surface area contributed by atoms with Crippen LogP contribution >= 0.6 is 0 Å². The number of hydrogen-bond acceptors (Lipinski definition) is 6. The van der Waals surface area contributed by atoms with Gasteiger partial charge in [0, 0.05) is 14.1 Å². The average Bonchev–Trinajstić information content (AvgIpc) is 2.31. The van der Waals surface area contributed by atoms with Crippen LogP contribution in [0.25, 0.3) is 0 Å². The maximum atomic E-state index is 4.19. The summed E-state index contributed by atoms with van der Waals surface area (Å²) in [5.74, 6) is 0.676. The molecule has 0 fully saturated rings. The van der Waals surface area contributed by atoms with Crippen LogP contribution in [0.2, 0.25) is 0 Å². The minimum Gasteiger partial charge on any atom is -0.350 e. The van der Waals surface area contributed by atoms with Crippen LogP contribution in [-0.2, 0) is 0 Å². The molecule has 2 aromatic heterocycles. The normalized spacial score (nSPS) is 9.88. The molecule has 0 aliphatic rings. The van der Waals surface area contributed by atoms with Crippen LogP contribution in [0.15, 0.2) is 31.1 Å². The molecule has 0 radical (unpaired) electrons. The van der Waals surface area contributed by atoms with E-state index < -0.39 is 0 Å². The van der Waals surface area contributed by atoms with Gasteiger partial charge in [0.2, 0.25) is 5.95 Å². The Morgan fingerprint density at radius 3 is 2.06 bits per heavy atom. The third kappa shape index (κ3) is 2.41. The highest BCUT2D eigenvalue weighted by atomic mass is 15.2. The zero-order chi connectivity index (χ0) is 11.4. The fraction of sp³-hybridized carbons (Fsp3) is 0.200. The Hall–Kier alpha value is -2.24. The van der Waals surface area contributed by atoms with E-state index in [1.165, 1.54) is 6.33 Å². The van der Waals surface area contributed by atoms with Crippen molar-refractivity contribution in [2.75, 3.05) is 24.3 Å². The molecule has 2 heterocycles. The first-order valence-corrected chi connectivity index (χ1v) is 4.77. The Labute approximate surface area is 93.4 Å². The van der Waals surface area contributed by atoms with Crippen molar-refractivity contribution in [2.24, 2.45) is 0 Å². The minimum atomic E-state index is 0.676. The third-order valence-electron chi connectivity index (χ3n) is 1.89. The van der Waals surface area contributed by atoms with Crippen molar-refractivity contribution >= 4 is 17.3 Å². The SMILES string of the molecule is CN(C)c1ncc(Nc2cncnc2)cn1. The van der Waals surface area contributed by atoms with Gasteiger partial charge in [0.05, 0.1) is 36.2 Å². The lowest BCUT2D eigenvalue weighted by Crippen LogP contribution is -2.12. The molecule has 0 unspecified atom stereocenters. The highest BCUT2D eigenvalue weighted by Gasteiger charge is 1.99. The second kappa shape index (κ2) is 4.52. The number of rotatable bonds is 3. The van der Waals surface area contributed by atoms with Crippen LogP contribution in [0.5, 0.6) is 0 Å². The highest BCUT2D eigenvalue weighted by Crippen LogP contribution is 2.13. The minimum absolute atomic E-state index is 0.676. The lowest BCUT2D eigenvalue weighted by atomic mass is 10.4. The monoisotopic (exact) mass is 216 g/mol. The predicted molar refractivity (Wildman–Crippen MR) is 61.7 cm³/mol. The van der Waals surface area contributed by atoms with Crippen molar-refractivity contribution in [2.45, 2.75) is 0 Å². The van der Waals surface area contributed by atoms with Crippen molar-refractivity contribution in [3.8, 4) is 0 Å². The van der Waals surface area contributed by atoms with Gasteiger partial charge in [-0.05, 0) is 0 Å². The lowest BCUT2D eigenvalue weighted by Gasteiger charge is -2.10. The number of hydrogen-bond donors (Lipinski definition) is 1. The van der Waals surface area contributed by atoms with Gasteiger partial charge in [-0.25, -0.2) is 19.9 Å². The molecule has 2 aromatic rings. The molecule has 0 bridgehead atoms. The van der Waals surface area contributed by atoms with E-state index >= 15 is 0 Å². The van der Waals surface area contributed by atoms with Crippen LogP contribution in [0.1, 0.15) is 0 Å². The van der Waals surface area contributed by atoms with Crippen molar-refractivity contribution in [1.82, 2.24) is 19.9 Å². The van der Waals surface area contributed by atoms with Crippen molar-refractivity contribution in [3.63, 3.8) is 0 Å². The summed E-state index contributed by atoms with van der Waals surface area (Å²) in [7, 11) is 3.79. The molecule has 82 valence electrons. The van der Waals surface area contributed by atoms with E-state index in [-0.39, 0.29) is 0 Å². The van der Waals surface area contributed by atoms with E-state index in [4.69, 9.17) is 0 Å². The van der Waals surface area contributed by atoms with Crippen LogP contribution in [0.3, 0.4) is 0 Å². The summed E-state index contributed by atoms with van der Waals surface area (Å²) < 4.78 is 0. The molecule has 0 aromatic carbocycles. The molecule has 0 aliphatic heterocycles. The molecule has 6 heteroatoms. The number of aromatic nitrogens is 4. The zero-order valence-electron chi connectivity index (χ0n) is 9.12. The molecule has 1 N–H and O–H groups in total. The summed E-state index contributed by atoms with van der Waals surface area (Å²) in [6.45, 7) is 0. The molecule has 0 aliphatic carbocycles. The van der Waals surface area contributed by atoms with Gasteiger partial charge in [-0.15, -0.1) is 0 Å². The maximum absolute atomic E-state index is 4.19. The molecular weight excluding hydrogens is 204 g/mol. The van der Waals surface area contributed by atoms with Gasteiger partial charge in [0.25, 0.3) is 0 Å². The summed E-state index contributed by atoms with van der Waals surface area (Å²) in [6.07, 6.45) is 8.29. The average molecular weight is 216 g/mol. The molecule has 2 rings (SSSR count). The standard InChI is InChI=1S/C10H12N6/c1-16(2)10-13-5-9(6-14-10)15-8-3-11-7-12-4-8/h3-7,15H,1-2H3. The fourth-order valence-corrected chi connectivity index (χ4v) is 1.15. The van der Waals surface area contributed by atoms with E-state index in [1.54, 1.807) is 24.8 Å². The zero-order valence-corrected chi connectivity index (χ0v) is 9.12. The largest absolute Gasteiger partial charge is 0.350 e. The Kier molecular flexibility index (Phi) is 2.90. The Morgan fingerprint density at radius 1 is 0.938 bits per heavy atom. The fourth-order valence-electron chi connectivity index (χ4n) is 1.15. The first kappa shape index (κ1) is 10.3.